The maximum atomic E-state index is 11.8. The zero-order valence-electron chi connectivity index (χ0n) is 11.6. The molecule has 0 atom stereocenters. The van der Waals surface area contributed by atoms with Gasteiger partial charge in [0.2, 0.25) is 5.78 Å². The van der Waals surface area contributed by atoms with E-state index in [1.54, 1.807) is 17.5 Å². The molecule has 3 heterocycles. The highest BCUT2D eigenvalue weighted by atomic mass is 32.1. The lowest BCUT2D eigenvalue weighted by Crippen LogP contribution is -2.14. The minimum absolute atomic E-state index is 0.0635. The van der Waals surface area contributed by atoms with Crippen LogP contribution in [0.1, 0.15) is 35.5 Å². The van der Waals surface area contributed by atoms with Crippen LogP contribution < -0.4 is 5.56 Å². The van der Waals surface area contributed by atoms with Crippen LogP contribution in [0.15, 0.2) is 23.3 Å². The fourth-order valence-corrected chi connectivity index (χ4v) is 2.82. The van der Waals surface area contributed by atoms with Gasteiger partial charge in [-0.2, -0.15) is 0 Å². The summed E-state index contributed by atoms with van der Waals surface area (Å²) in [5, 5.41) is 10.3. The van der Waals surface area contributed by atoms with Gasteiger partial charge in [0, 0.05) is 30.1 Å². The molecule has 3 aromatic rings. The first kappa shape index (κ1) is 13.0. The van der Waals surface area contributed by atoms with Crippen LogP contribution >= 0.6 is 11.3 Å². The number of nitrogens with zero attached hydrogens (tertiary/aromatic N) is 5. The monoisotopic (exact) mass is 289 g/mol. The van der Waals surface area contributed by atoms with Gasteiger partial charge in [0.25, 0.3) is 5.56 Å². The highest BCUT2D eigenvalue weighted by molar-refractivity contribution is 7.11. The normalized spacial score (nSPS) is 11.6. The zero-order valence-corrected chi connectivity index (χ0v) is 12.4. The molecule has 0 radical (unpaired) electrons. The van der Waals surface area contributed by atoms with Crippen molar-refractivity contribution in [2.24, 2.45) is 0 Å². The molecule has 0 saturated carbocycles. The number of rotatable bonds is 3. The Hall–Kier alpha value is -2.02. The van der Waals surface area contributed by atoms with Crippen LogP contribution in [0.4, 0.5) is 0 Å². The van der Waals surface area contributed by atoms with Crippen LogP contribution in [0.3, 0.4) is 0 Å². The van der Waals surface area contributed by atoms with Crippen molar-refractivity contribution in [1.29, 1.82) is 0 Å². The second kappa shape index (κ2) is 4.82. The lowest BCUT2D eigenvalue weighted by Gasteiger charge is -2.01. The topological polar surface area (TPSA) is 65.1 Å². The highest BCUT2D eigenvalue weighted by Gasteiger charge is 2.10. The molecule has 0 aliphatic heterocycles. The smallest absolute Gasteiger partial charge is 0.259 e. The minimum Gasteiger partial charge on any atom is -0.310 e. The predicted molar refractivity (Wildman–Crippen MR) is 77.3 cm³/mol. The van der Waals surface area contributed by atoms with E-state index in [9.17, 15) is 4.79 Å². The van der Waals surface area contributed by atoms with E-state index in [-0.39, 0.29) is 5.56 Å². The number of imidazole rings is 1. The lowest BCUT2D eigenvalue weighted by atomic mass is 10.2. The molecule has 3 rings (SSSR count). The summed E-state index contributed by atoms with van der Waals surface area (Å²) < 4.78 is 3.45. The quantitative estimate of drug-likeness (QED) is 0.738. The first-order valence-electron chi connectivity index (χ1n) is 6.42. The third kappa shape index (κ3) is 2.24. The van der Waals surface area contributed by atoms with E-state index in [4.69, 9.17) is 0 Å². The number of fused-ring (bicyclic) bond motifs is 1. The van der Waals surface area contributed by atoms with Gasteiger partial charge in [-0.25, -0.2) is 4.98 Å². The predicted octanol–water partition coefficient (Wildman–Crippen LogP) is 1.83. The maximum absolute atomic E-state index is 11.8. The fourth-order valence-electron chi connectivity index (χ4n) is 1.98. The SMILES string of the molecule is Cc1cc(=O)n2ccn(Cc3nnc(C(C)C)s3)c2n1. The molecule has 0 fully saturated rings. The number of aromatic nitrogens is 5. The van der Waals surface area contributed by atoms with Crippen molar-refractivity contribution in [3.63, 3.8) is 0 Å². The second-order valence-corrected chi connectivity index (χ2v) is 6.11. The molecule has 0 saturated heterocycles. The summed E-state index contributed by atoms with van der Waals surface area (Å²) in [7, 11) is 0. The minimum atomic E-state index is -0.0635. The van der Waals surface area contributed by atoms with Crippen molar-refractivity contribution in [3.05, 3.63) is 44.5 Å². The first-order valence-corrected chi connectivity index (χ1v) is 7.23. The Morgan fingerprint density at radius 3 is 2.80 bits per heavy atom. The van der Waals surface area contributed by atoms with Gasteiger partial charge in [0.05, 0.1) is 6.54 Å². The summed E-state index contributed by atoms with van der Waals surface area (Å²) >= 11 is 1.60. The molecule has 104 valence electrons. The van der Waals surface area contributed by atoms with Gasteiger partial charge in [-0.1, -0.05) is 25.2 Å². The molecule has 0 unspecified atom stereocenters. The largest absolute Gasteiger partial charge is 0.310 e. The van der Waals surface area contributed by atoms with Crippen LogP contribution in [0.2, 0.25) is 0 Å². The van der Waals surface area contributed by atoms with Crippen molar-refractivity contribution in [1.82, 2.24) is 24.1 Å². The fraction of sp³-hybridized carbons (Fsp3) is 0.385. The summed E-state index contributed by atoms with van der Waals surface area (Å²) in [6.45, 7) is 6.59. The summed E-state index contributed by atoms with van der Waals surface area (Å²) in [5.41, 5.74) is 0.654. The van der Waals surface area contributed by atoms with E-state index in [1.807, 2.05) is 17.7 Å². The van der Waals surface area contributed by atoms with Gasteiger partial charge < -0.3 is 4.57 Å². The van der Waals surface area contributed by atoms with Gasteiger partial charge in [0.15, 0.2) is 0 Å². The van der Waals surface area contributed by atoms with E-state index >= 15 is 0 Å². The molecular weight excluding hydrogens is 274 g/mol. The Morgan fingerprint density at radius 2 is 2.10 bits per heavy atom. The zero-order chi connectivity index (χ0) is 14.3. The summed E-state index contributed by atoms with van der Waals surface area (Å²) in [6, 6.07) is 1.53. The lowest BCUT2D eigenvalue weighted by molar-refractivity contribution is 0.773. The van der Waals surface area contributed by atoms with Gasteiger partial charge in [-0.3, -0.25) is 9.20 Å². The van der Waals surface area contributed by atoms with E-state index in [0.717, 1.165) is 15.7 Å². The third-order valence-electron chi connectivity index (χ3n) is 3.00. The molecule has 0 aromatic carbocycles. The average molecular weight is 289 g/mol. The average Bonchev–Trinajstić information content (AvgIpc) is 2.98. The Kier molecular flexibility index (Phi) is 3.13. The van der Waals surface area contributed by atoms with Crippen LogP contribution in [0, 0.1) is 6.92 Å². The number of hydrogen-bond donors (Lipinski definition) is 0. The molecule has 0 amide bonds. The van der Waals surface area contributed by atoms with Crippen LogP contribution in [-0.4, -0.2) is 24.1 Å². The highest BCUT2D eigenvalue weighted by Crippen LogP contribution is 2.19. The molecule has 0 bridgehead atoms. The Morgan fingerprint density at radius 1 is 1.30 bits per heavy atom. The molecular formula is C13H15N5OS. The van der Waals surface area contributed by atoms with E-state index < -0.39 is 0 Å². The van der Waals surface area contributed by atoms with Crippen molar-refractivity contribution < 1.29 is 0 Å². The Bertz CT molecular complexity index is 814. The van der Waals surface area contributed by atoms with E-state index in [0.29, 0.717) is 18.2 Å². The molecule has 6 nitrogen and oxygen atoms in total. The summed E-state index contributed by atoms with van der Waals surface area (Å²) in [5.74, 6) is 1.02. The van der Waals surface area contributed by atoms with Crippen molar-refractivity contribution in [3.8, 4) is 0 Å². The summed E-state index contributed by atoms with van der Waals surface area (Å²) in [4.78, 5) is 16.3. The van der Waals surface area contributed by atoms with Gasteiger partial charge in [0.1, 0.15) is 10.0 Å². The molecule has 0 spiro atoms. The van der Waals surface area contributed by atoms with Gasteiger partial charge in [-0.15, -0.1) is 10.2 Å². The molecule has 0 aliphatic rings. The molecule has 3 aromatic heterocycles. The van der Waals surface area contributed by atoms with Crippen molar-refractivity contribution in [2.75, 3.05) is 0 Å². The Labute approximate surface area is 119 Å². The molecule has 7 heteroatoms. The van der Waals surface area contributed by atoms with Gasteiger partial charge in [-0.05, 0) is 6.92 Å². The Balaban J connectivity index is 2.00. The summed E-state index contributed by atoms with van der Waals surface area (Å²) in [6.07, 6.45) is 3.58. The van der Waals surface area contributed by atoms with Gasteiger partial charge >= 0.3 is 0 Å². The molecule has 0 N–H and O–H groups in total. The van der Waals surface area contributed by atoms with Crippen LogP contribution in [-0.2, 0) is 6.54 Å². The standard InChI is InChI=1S/C13H15N5OS/c1-8(2)12-16-15-10(20-12)7-17-4-5-18-11(19)6-9(3)14-13(17)18/h4-6,8H,7H2,1-3H3. The molecule has 0 aliphatic carbocycles. The maximum Gasteiger partial charge on any atom is 0.259 e. The van der Waals surface area contributed by atoms with Crippen molar-refractivity contribution in [2.45, 2.75) is 33.2 Å². The third-order valence-corrected chi connectivity index (χ3v) is 4.20. The van der Waals surface area contributed by atoms with E-state index in [2.05, 4.69) is 29.0 Å². The number of aryl methyl sites for hydroxylation is 1. The first-order chi connectivity index (χ1) is 9.54. The van der Waals surface area contributed by atoms with Crippen molar-refractivity contribution >= 4 is 17.1 Å². The molecule has 20 heavy (non-hydrogen) atoms. The van der Waals surface area contributed by atoms with E-state index in [1.165, 1.54) is 10.5 Å². The van der Waals surface area contributed by atoms with Crippen LogP contribution in [0.5, 0.6) is 0 Å². The second-order valence-electron chi connectivity index (χ2n) is 5.02. The van der Waals surface area contributed by atoms with Crippen LogP contribution in [0.25, 0.3) is 5.78 Å². The number of hydrogen-bond acceptors (Lipinski definition) is 5.